The molecule has 0 heterocycles. The maximum atomic E-state index is 4.02. The summed E-state index contributed by atoms with van der Waals surface area (Å²) in [5.74, 6) is 0. The second-order valence-electron chi connectivity index (χ2n) is 5.30. The minimum atomic E-state index is 0.527. The first-order valence-corrected chi connectivity index (χ1v) is 7.55. The molecule has 0 aromatic rings. The quantitative estimate of drug-likeness (QED) is 0.370. The van der Waals surface area contributed by atoms with Gasteiger partial charge in [-0.3, -0.25) is 0 Å². The van der Waals surface area contributed by atoms with E-state index in [-0.39, 0.29) is 0 Å². The third kappa shape index (κ3) is 10.6. The predicted octanol–water partition coefficient (Wildman–Crippen LogP) is 5.07. The number of unbranched alkanes of at least 4 members (excludes halogenated alkanes) is 8. The molecule has 0 fully saturated rings. The average molecular weight is 239 g/mol. The van der Waals surface area contributed by atoms with Crippen LogP contribution < -0.4 is 5.32 Å². The second-order valence-corrected chi connectivity index (χ2v) is 5.30. The van der Waals surface area contributed by atoms with Gasteiger partial charge in [0.25, 0.3) is 0 Å². The number of likely N-dealkylation sites (N-methyl/N-ethyl adjacent to an activating group) is 1. The molecule has 0 aliphatic carbocycles. The molecule has 0 aliphatic rings. The summed E-state index contributed by atoms with van der Waals surface area (Å²) < 4.78 is 0. The van der Waals surface area contributed by atoms with Gasteiger partial charge in [-0.15, -0.1) is 0 Å². The lowest BCUT2D eigenvalue weighted by atomic mass is 10.0. The normalized spacial score (nSPS) is 12.6. The Morgan fingerprint density at radius 1 is 0.941 bits per heavy atom. The minimum absolute atomic E-state index is 0.527. The SMILES string of the molecule is C=C(C)C(CCCCCCCCCCC)NC. The lowest BCUT2D eigenvalue weighted by molar-refractivity contribution is 0.515. The Balaban J connectivity index is 3.20. The molecule has 17 heavy (non-hydrogen) atoms. The van der Waals surface area contributed by atoms with Gasteiger partial charge in [-0.2, -0.15) is 0 Å². The fourth-order valence-corrected chi connectivity index (χ4v) is 2.30. The van der Waals surface area contributed by atoms with E-state index >= 15 is 0 Å². The van der Waals surface area contributed by atoms with Crippen LogP contribution in [0.4, 0.5) is 0 Å². The van der Waals surface area contributed by atoms with Crippen molar-refractivity contribution < 1.29 is 0 Å². The van der Waals surface area contributed by atoms with Crippen molar-refractivity contribution in [2.45, 2.75) is 84.1 Å². The van der Waals surface area contributed by atoms with Gasteiger partial charge >= 0.3 is 0 Å². The summed E-state index contributed by atoms with van der Waals surface area (Å²) in [5.41, 5.74) is 1.27. The Bertz CT molecular complexity index is 174. The fourth-order valence-electron chi connectivity index (χ4n) is 2.30. The van der Waals surface area contributed by atoms with Crippen molar-refractivity contribution in [2.24, 2.45) is 0 Å². The Labute approximate surface area is 109 Å². The third-order valence-corrected chi connectivity index (χ3v) is 3.54. The van der Waals surface area contributed by atoms with E-state index < -0.39 is 0 Å². The van der Waals surface area contributed by atoms with Crippen molar-refractivity contribution >= 4 is 0 Å². The molecule has 1 atom stereocenters. The summed E-state index contributed by atoms with van der Waals surface area (Å²) in [7, 11) is 2.03. The number of rotatable bonds is 12. The predicted molar refractivity (Wildman–Crippen MR) is 79.5 cm³/mol. The van der Waals surface area contributed by atoms with Crippen LogP contribution in [0.3, 0.4) is 0 Å². The zero-order chi connectivity index (χ0) is 12.9. The molecule has 0 aromatic carbocycles. The van der Waals surface area contributed by atoms with Crippen molar-refractivity contribution in [2.75, 3.05) is 7.05 Å². The van der Waals surface area contributed by atoms with Gasteiger partial charge in [0, 0.05) is 6.04 Å². The average Bonchev–Trinajstić information content (AvgIpc) is 2.31. The summed E-state index contributed by atoms with van der Waals surface area (Å²) >= 11 is 0. The van der Waals surface area contributed by atoms with Gasteiger partial charge in [0.15, 0.2) is 0 Å². The highest BCUT2D eigenvalue weighted by atomic mass is 14.9. The van der Waals surface area contributed by atoms with Gasteiger partial charge in [0.2, 0.25) is 0 Å². The second kappa shape index (κ2) is 12.2. The molecular formula is C16H33N. The standard InChI is InChI=1S/C16H33N/c1-5-6-7-8-9-10-11-12-13-14-16(17-4)15(2)3/h16-17H,2,5-14H2,1,3-4H3. The summed E-state index contributed by atoms with van der Waals surface area (Å²) in [6.45, 7) is 8.42. The van der Waals surface area contributed by atoms with E-state index in [1.165, 1.54) is 69.8 Å². The third-order valence-electron chi connectivity index (χ3n) is 3.54. The Morgan fingerprint density at radius 2 is 1.41 bits per heavy atom. The molecule has 0 spiro atoms. The molecular weight excluding hydrogens is 206 g/mol. The number of hydrogen-bond acceptors (Lipinski definition) is 1. The monoisotopic (exact) mass is 239 g/mol. The highest BCUT2D eigenvalue weighted by molar-refractivity contribution is 5.00. The molecule has 0 amide bonds. The Hall–Kier alpha value is -0.300. The van der Waals surface area contributed by atoms with Gasteiger partial charge in [-0.05, 0) is 20.4 Å². The number of hydrogen-bond donors (Lipinski definition) is 1. The van der Waals surface area contributed by atoms with Crippen molar-refractivity contribution in [3.63, 3.8) is 0 Å². The Kier molecular flexibility index (Phi) is 12.0. The van der Waals surface area contributed by atoms with Crippen molar-refractivity contribution in [1.82, 2.24) is 5.32 Å². The molecule has 102 valence electrons. The van der Waals surface area contributed by atoms with Gasteiger partial charge < -0.3 is 5.32 Å². The zero-order valence-corrected chi connectivity index (χ0v) is 12.4. The van der Waals surface area contributed by atoms with Crippen molar-refractivity contribution in [3.05, 3.63) is 12.2 Å². The largest absolute Gasteiger partial charge is 0.313 e. The highest BCUT2D eigenvalue weighted by Crippen LogP contribution is 2.13. The molecule has 0 saturated heterocycles. The smallest absolute Gasteiger partial charge is 0.0271 e. The molecule has 1 N–H and O–H groups in total. The van der Waals surface area contributed by atoms with Gasteiger partial charge in [-0.1, -0.05) is 76.9 Å². The molecule has 0 rings (SSSR count). The summed E-state index contributed by atoms with van der Waals surface area (Å²) in [4.78, 5) is 0. The molecule has 0 radical (unpaired) electrons. The van der Waals surface area contributed by atoms with Crippen LogP contribution in [0.1, 0.15) is 78.1 Å². The fraction of sp³-hybridized carbons (Fsp3) is 0.875. The van der Waals surface area contributed by atoms with E-state index in [2.05, 4.69) is 25.7 Å². The van der Waals surface area contributed by atoms with E-state index in [0.29, 0.717) is 6.04 Å². The summed E-state index contributed by atoms with van der Waals surface area (Å²) in [6, 6.07) is 0.527. The van der Waals surface area contributed by atoms with Crippen LogP contribution in [-0.4, -0.2) is 13.1 Å². The van der Waals surface area contributed by atoms with Crippen LogP contribution in [0.2, 0.25) is 0 Å². The minimum Gasteiger partial charge on any atom is -0.313 e. The van der Waals surface area contributed by atoms with Crippen LogP contribution >= 0.6 is 0 Å². The number of nitrogens with one attached hydrogen (secondary N) is 1. The maximum Gasteiger partial charge on any atom is 0.0271 e. The van der Waals surface area contributed by atoms with Crippen LogP contribution in [-0.2, 0) is 0 Å². The topological polar surface area (TPSA) is 12.0 Å². The molecule has 0 aromatic heterocycles. The molecule has 0 bridgehead atoms. The van der Waals surface area contributed by atoms with E-state index in [1.54, 1.807) is 0 Å². The maximum absolute atomic E-state index is 4.02. The van der Waals surface area contributed by atoms with Gasteiger partial charge in [0.05, 0.1) is 0 Å². The van der Waals surface area contributed by atoms with Gasteiger partial charge in [-0.25, -0.2) is 0 Å². The molecule has 1 unspecified atom stereocenters. The summed E-state index contributed by atoms with van der Waals surface area (Å²) in [6.07, 6.45) is 13.9. The van der Waals surface area contributed by atoms with Crippen LogP contribution in [0.15, 0.2) is 12.2 Å². The first-order chi connectivity index (χ1) is 8.22. The van der Waals surface area contributed by atoms with E-state index in [9.17, 15) is 0 Å². The lowest BCUT2D eigenvalue weighted by Crippen LogP contribution is -2.25. The van der Waals surface area contributed by atoms with E-state index in [1.807, 2.05) is 7.05 Å². The van der Waals surface area contributed by atoms with Crippen LogP contribution in [0.25, 0.3) is 0 Å². The van der Waals surface area contributed by atoms with Crippen LogP contribution in [0.5, 0.6) is 0 Å². The van der Waals surface area contributed by atoms with Crippen molar-refractivity contribution in [3.8, 4) is 0 Å². The molecule has 1 nitrogen and oxygen atoms in total. The van der Waals surface area contributed by atoms with Crippen LogP contribution in [0, 0.1) is 0 Å². The van der Waals surface area contributed by atoms with E-state index in [4.69, 9.17) is 0 Å². The van der Waals surface area contributed by atoms with E-state index in [0.717, 1.165) is 0 Å². The van der Waals surface area contributed by atoms with Gasteiger partial charge in [0.1, 0.15) is 0 Å². The lowest BCUT2D eigenvalue weighted by Gasteiger charge is -2.15. The highest BCUT2D eigenvalue weighted by Gasteiger charge is 2.04. The molecule has 0 aliphatic heterocycles. The van der Waals surface area contributed by atoms with Crippen molar-refractivity contribution in [1.29, 1.82) is 0 Å². The molecule has 0 saturated carbocycles. The Morgan fingerprint density at radius 3 is 1.82 bits per heavy atom. The molecule has 1 heteroatoms. The summed E-state index contributed by atoms with van der Waals surface area (Å²) in [5, 5.41) is 3.33. The first kappa shape index (κ1) is 16.7. The zero-order valence-electron chi connectivity index (χ0n) is 12.4. The first-order valence-electron chi connectivity index (χ1n) is 7.55.